The number of nitrogens with one attached hydrogen (secondary N) is 1. The zero-order valence-electron chi connectivity index (χ0n) is 11.0. The van der Waals surface area contributed by atoms with E-state index in [2.05, 4.69) is 10.4 Å². The van der Waals surface area contributed by atoms with Crippen molar-refractivity contribution in [3.8, 4) is 0 Å². The van der Waals surface area contributed by atoms with Crippen LogP contribution in [-0.4, -0.2) is 24.6 Å². The van der Waals surface area contributed by atoms with Crippen molar-refractivity contribution < 1.29 is 4.39 Å². The number of hydrazine groups is 1. The lowest BCUT2D eigenvalue weighted by Crippen LogP contribution is -2.45. The third-order valence-corrected chi connectivity index (χ3v) is 3.55. The van der Waals surface area contributed by atoms with Gasteiger partial charge in [-0.3, -0.25) is 0 Å². The van der Waals surface area contributed by atoms with Gasteiger partial charge in [0.15, 0.2) is 0 Å². The quantitative estimate of drug-likeness (QED) is 0.861. The molecule has 4 heteroatoms. The summed E-state index contributed by atoms with van der Waals surface area (Å²) in [5.41, 5.74) is 11.3. The number of hydrogen-bond donors (Lipinski definition) is 2. The molecule has 100 valence electrons. The lowest BCUT2D eigenvalue weighted by Gasteiger charge is -2.32. The molecule has 0 aromatic heterocycles. The van der Waals surface area contributed by atoms with Crippen LogP contribution in [0.25, 0.3) is 0 Å². The second kappa shape index (κ2) is 6.27. The highest BCUT2D eigenvalue weighted by atomic mass is 19.1. The van der Waals surface area contributed by atoms with Gasteiger partial charge in [0.1, 0.15) is 5.82 Å². The van der Waals surface area contributed by atoms with Gasteiger partial charge >= 0.3 is 0 Å². The van der Waals surface area contributed by atoms with E-state index in [-0.39, 0.29) is 11.9 Å². The van der Waals surface area contributed by atoms with Crippen LogP contribution in [0.3, 0.4) is 0 Å². The van der Waals surface area contributed by atoms with E-state index in [9.17, 15) is 4.39 Å². The second-order valence-corrected chi connectivity index (χ2v) is 4.97. The van der Waals surface area contributed by atoms with Gasteiger partial charge in [0, 0.05) is 19.6 Å². The monoisotopic (exact) mass is 251 g/mol. The standard InChI is InChI=1S/C14H22FN3/c1-11-5-6-12(15)9-13(11)14(10-16)17-18-7-3-2-4-8-18/h5-6,9,14,17H,2-4,7-8,10,16H2,1H3. The number of nitrogens with two attached hydrogens (primary N) is 1. The molecule has 0 spiro atoms. The van der Waals surface area contributed by atoms with E-state index in [1.807, 2.05) is 13.0 Å². The van der Waals surface area contributed by atoms with Crippen LogP contribution in [0, 0.1) is 12.7 Å². The Labute approximate surface area is 108 Å². The molecule has 1 aliphatic heterocycles. The number of aryl methyl sites for hydroxylation is 1. The molecule has 0 saturated carbocycles. The van der Waals surface area contributed by atoms with Crippen molar-refractivity contribution in [2.75, 3.05) is 19.6 Å². The maximum Gasteiger partial charge on any atom is 0.123 e. The van der Waals surface area contributed by atoms with Crippen molar-refractivity contribution in [3.05, 3.63) is 35.1 Å². The molecule has 18 heavy (non-hydrogen) atoms. The summed E-state index contributed by atoms with van der Waals surface area (Å²) in [5, 5.41) is 2.21. The summed E-state index contributed by atoms with van der Waals surface area (Å²) in [7, 11) is 0. The zero-order chi connectivity index (χ0) is 13.0. The first kappa shape index (κ1) is 13.5. The Morgan fingerprint density at radius 2 is 2.06 bits per heavy atom. The van der Waals surface area contributed by atoms with Crippen LogP contribution in [0.5, 0.6) is 0 Å². The molecule has 1 fully saturated rings. The van der Waals surface area contributed by atoms with E-state index in [0.717, 1.165) is 24.2 Å². The molecule has 1 aliphatic rings. The van der Waals surface area contributed by atoms with Crippen molar-refractivity contribution in [2.24, 2.45) is 5.73 Å². The highest BCUT2D eigenvalue weighted by Crippen LogP contribution is 2.19. The number of rotatable bonds is 4. The van der Waals surface area contributed by atoms with Gasteiger partial charge in [0.05, 0.1) is 6.04 Å². The fourth-order valence-corrected chi connectivity index (χ4v) is 2.48. The molecule has 1 aromatic carbocycles. The average molecular weight is 251 g/mol. The molecule has 1 atom stereocenters. The third kappa shape index (κ3) is 3.28. The molecular weight excluding hydrogens is 229 g/mol. The van der Waals surface area contributed by atoms with E-state index >= 15 is 0 Å². The van der Waals surface area contributed by atoms with Crippen LogP contribution in [0.2, 0.25) is 0 Å². The Morgan fingerprint density at radius 3 is 2.72 bits per heavy atom. The Morgan fingerprint density at radius 1 is 1.33 bits per heavy atom. The molecule has 1 aromatic rings. The van der Waals surface area contributed by atoms with Gasteiger partial charge in [-0.15, -0.1) is 0 Å². The molecule has 3 N–H and O–H groups in total. The van der Waals surface area contributed by atoms with Crippen molar-refractivity contribution in [1.29, 1.82) is 0 Å². The summed E-state index contributed by atoms with van der Waals surface area (Å²) < 4.78 is 13.3. The Hall–Kier alpha value is -0.970. The van der Waals surface area contributed by atoms with E-state index in [0.29, 0.717) is 6.54 Å². The molecule has 1 heterocycles. The van der Waals surface area contributed by atoms with Crippen LogP contribution < -0.4 is 11.2 Å². The summed E-state index contributed by atoms with van der Waals surface area (Å²) in [6.45, 7) is 4.56. The molecule has 0 aliphatic carbocycles. The maximum absolute atomic E-state index is 13.3. The maximum atomic E-state index is 13.3. The van der Waals surface area contributed by atoms with Gasteiger partial charge in [0.2, 0.25) is 0 Å². The van der Waals surface area contributed by atoms with Crippen molar-refractivity contribution >= 4 is 0 Å². The van der Waals surface area contributed by atoms with Gasteiger partial charge in [-0.2, -0.15) is 0 Å². The van der Waals surface area contributed by atoms with Crippen molar-refractivity contribution in [3.63, 3.8) is 0 Å². The normalized spacial score (nSPS) is 18.8. The van der Waals surface area contributed by atoms with Crippen LogP contribution in [0.4, 0.5) is 4.39 Å². The van der Waals surface area contributed by atoms with E-state index in [1.165, 1.54) is 25.3 Å². The minimum atomic E-state index is -0.200. The molecule has 2 rings (SSSR count). The molecular formula is C14H22FN3. The largest absolute Gasteiger partial charge is 0.329 e. The number of benzene rings is 1. The lowest BCUT2D eigenvalue weighted by molar-refractivity contribution is 0.130. The Balaban J connectivity index is 2.09. The van der Waals surface area contributed by atoms with Gasteiger partial charge in [-0.05, 0) is 43.0 Å². The lowest BCUT2D eigenvalue weighted by atomic mass is 10.0. The summed E-state index contributed by atoms with van der Waals surface area (Å²) >= 11 is 0. The molecule has 0 bridgehead atoms. The minimum Gasteiger partial charge on any atom is -0.329 e. The minimum absolute atomic E-state index is 0.00111. The average Bonchev–Trinajstić information content (AvgIpc) is 2.40. The van der Waals surface area contributed by atoms with Crippen LogP contribution >= 0.6 is 0 Å². The van der Waals surface area contributed by atoms with Crippen LogP contribution in [0.15, 0.2) is 18.2 Å². The number of piperidine rings is 1. The fraction of sp³-hybridized carbons (Fsp3) is 0.571. The summed E-state index contributed by atoms with van der Waals surface area (Å²) in [6.07, 6.45) is 3.73. The van der Waals surface area contributed by atoms with Gasteiger partial charge < -0.3 is 5.73 Å². The Bertz CT molecular complexity index is 389. The smallest absolute Gasteiger partial charge is 0.123 e. The second-order valence-electron chi connectivity index (χ2n) is 4.97. The first-order valence-corrected chi connectivity index (χ1v) is 6.68. The van der Waals surface area contributed by atoms with Crippen molar-refractivity contribution in [2.45, 2.75) is 32.2 Å². The number of hydrogen-bond acceptors (Lipinski definition) is 3. The highest BCUT2D eigenvalue weighted by Gasteiger charge is 2.17. The predicted octanol–water partition coefficient (Wildman–Crippen LogP) is 2.12. The van der Waals surface area contributed by atoms with Gasteiger partial charge in [0.25, 0.3) is 0 Å². The molecule has 0 radical (unpaired) electrons. The molecule has 1 unspecified atom stereocenters. The zero-order valence-corrected chi connectivity index (χ0v) is 11.0. The van der Waals surface area contributed by atoms with Crippen LogP contribution in [-0.2, 0) is 0 Å². The summed E-state index contributed by atoms with van der Waals surface area (Å²) in [5.74, 6) is -0.200. The van der Waals surface area contributed by atoms with E-state index in [4.69, 9.17) is 5.73 Å². The summed E-state index contributed by atoms with van der Waals surface area (Å²) in [4.78, 5) is 0. The predicted molar refractivity (Wildman–Crippen MR) is 71.5 cm³/mol. The van der Waals surface area contributed by atoms with Crippen molar-refractivity contribution in [1.82, 2.24) is 10.4 Å². The SMILES string of the molecule is Cc1ccc(F)cc1C(CN)NN1CCCCC1. The van der Waals surface area contributed by atoms with E-state index < -0.39 is 0 Å². The van der Waals surface area contributed by atoms with Gasteiger partial charge in [-0.1, -0.05) is 12.5 Å². The summed E-state index contributed by atoms with van der Waals surface area (Å²) in [6, 6.07) is 4.89. The number of nitrogens with zero attached hydrogens (tertiary/aromatic N) is 1. The molecule has 1 saturated heterocycles. The third-order valence-electron chi connectivity index (χ3n) is 3.55. The first-order valence-electron chi connectivity index (χ1n) is 6.68. The first-order chi connectivity index (χ1) is 8.70. The molecule has 0 amide bonds. The molecule has 3 nitrogen and oxygen atoms in total. The highest BCUT2D eigenvalue weighted by molar-refractivity contribution is 5.29. The Kier molecular flexibility index (Phi) is 4.69. The van der Waals surface area contributed by atoms with E-state index in [1.54, 1.807) is 6.07 Å². The topological polar surface area (TPSA) is 41.3 Å². The number of halogens is 1. The van der Waals surface area contributed by atoms with Crippen LogP contribution in [0.1, 0.15) is 36.4 Å². The van der Waals surface area contributed by atoms with Gasteiger partial charge in [-0.25, -0.2) is 14.8 Å². The fourth-order valence-electron chi connectivity index (χ4n) is 2.48.